The first-order valence-corrected chi connectivity index (χ1v) is 7.68. The van der Waals surface area contributed by atoms with Crippen LogP contribution in [0.2, 0.25) is 0 Å². The van der Waals surface area contributed by atoms with Crippen molar-refractivity contribution < 1.29 is 79.5 Å². The minimum Gasteiger partial charge on any atom is -0.467 e. The van der Waals surface area contributed by atoms with Crippen molar-refractivity contribution in [1.29, 1.82) is 0 Å². The van der Waals surface area contributed by atoms with E-state index in [0.717, 1.165) is 23.7 Å². The molecule has 0 fully saturated rings. The number of furan rings is 1. The molecule has 192 valence electrons. The molecule has 0 aliphatic rings. The largest absolute Gasteiger partial charge is 0.467 e. The quantitative estimate of drug-likeness (QED) is 0.404. The third-order valence-corrected chi connectivity index (χ3v) is 3.95. The Balaban J connectivity index is 3.44. The number of amides is 1. The van der Waals surface area contributed by atoms with Gasteiger partial charge in [0.15, 0.2) is 0 Å². The smallest absolute Gasteiger partial charge is 0.392 e. The summed E-state index contributed by atoms with van der Waals surface area (Å²) in [6, 6.07) is 1.91. The van der Waals surface area contributed by atoms with Gasteiger partial charge in [0.05, 0.1) is 12.8 Å². The molecule has 1 rings (SSSR count). The van der Waals surface area contributed by atoms with Crippen LogP contribution in [0.3, 0.4) is 0 Å². The molecule has 1 heterocycles. The highest BCUT2D eigenvalue weighted by Crippen LogP contribution is 2.62. The van der Waals surface area contributed by atoms with Crippen LogP contribution >= 0.6 is 0 Å². The van der Waals surface area contributed by atoms with Gasteiger partial charge in [0.25, 0.3) is 5.91 Å². The van der Waals surface area contributed by atoms with Crippen molar-refractivity contribution in [3.63, 3.8) is 0 Å². The lowest BCUT2D eigenvalue weighted by molar-refractivity contribution is -0.443. The topological polar surface area (TPSA) is 42.2 Å². The average Bonchev–Trinajstić information content (AvgIpc) is 3.18. The Bertz CT molecular complexity index is 832. The van der Waals surface area contributed by atoms with Gasteiger partial charge in [-0.05, 0) is 12.1 Å². The van der Waals surface area contributed by atoms with E-state index < -0.39 is 66.1 Å². The Morgan fingerprint density at radius 2 is 1.18 bits per heavy atom. The van der Waals surface area contributed by atoms with Gasteiger partial charge in [0, 0.05) is 0 Å². The Hall–Kier alpha value is -2.37. The number of rotatable bonds is 10. The van der Waals surface area contributed by atoms with Crippen LogP contribution in [-0.2, 0) is 11.3 Å². The number of carbonyl (C=O) groups is 1. The van der Waals surface area contributed by atoms with E-state index in [9.17, 15) is 75.0 Å². The van der Waals surface area contributed by atoms with Gasteiger partial charge >= 0.3 is 47.9 Å². The third kappa shape index (κ3) is 3.95. The standard InChI is InChI=1S/C14H7F16NO2/c15-6(16)8(17,18)10(21,22)12(25,26)14(29,30)13(27,28)11(23,24)9(19,20)7(32)31-4-5-2-1-3-33-5/h1-3,6H,4H2,(H,31,32). The lowest BCUT2D eigenvalue weighted by Crippen LogP contribution is -2.74. The molecule has 0 radical (unpaired) electrons. The Morgan fingerprint density at radius 3 is 1.58 bits per heavy atom. The highest BCUT2D eigenvalue weighted by Gasteiger charge is 2.94. The molecule has 0 saturated carbocycles. The first-order valence-electron chi connectivity index (χ1n) is 7.68. The number of carbonyl (C=O) groups excluding carboxylic acids is 1. The summed E-state index contributed by atoms with van der Waals surface area (Å²) in [6.45, 7) is -1.28. The molecule has 1 aromatic rings. The SMILES string of the molecule is O=C(NCc1ccco1)C(F)(F)C(F)(F)C(F)(F)C(F)(F)C(F)(F)C(F)(F)C(F)(F)C(F)F. The normalized spacial score (nSPS) is 15.2. The number of hydrogen-bond acceptors (Lipinski definition) is 2. The molecule has 0 bridgehead atoms. The van der Waals surface area contributed by atoms with E-state index in [0.29, 0.717) is 0 Å². The molecule has 19 heteroatoms. The van der Waals surface area contributed by atoms with Crippen LogP contribution in [-0.4, -0.2) is 53.8 Å². The van der Waals surface area contributed by atoms with E-state index >= 15 is 0 Å². The Kier molecular flexibility index (Phi) is 7.07. The van der Waals surface area contributed by atoms with Crippen LogP contribution in [0.5, 0.6) is 0 Å². The summed E-state index contributed by atoms with van der Waals surface area (Å²) in [5.74, 6) is -60.2. The highest BCUT2D eigenvalue weighted by molar-refractivity contribution is 5.84. The molecule has 1 aromatic heterocycles. The zero-order valence-corrected chi connectivity index (χ0v) is 14.9. The highest BCUT2D eigenvalue weighted by atomic mass is 19.4. The second-order valence-corrected chi connectivity index (χ2v) is 6.13. The summed E-state index contributed by atoms with van der Waals surface area (Å²) >= 11 is 0. The van der Waals surface area contributed by atoms with Gasteiger partial charge in [-0.3, -0.25) is 4.79 Å². The molecule has 3 nitrogen and oxygen atoms in total. The molecule has 0 atom stereocenters. The van der Waals surface area contributed by atoms with Crippen molar-refractivity contribution in [2.24, 2.45) is 0 Å². The summed E-state index contributed by atoms with van der Waals surface area (Å²) in [4.78, 5) is 11.2. The van der Waals surface area contributed by atoms with Crippen LogP contribution in [0, 0.1) is 0 Å². The summed E-state index contributed by atoms with van der Waals surface area (Å²) in [5.41, 5.74) is 0. The van der Waals surface area contributed by atoms with Crippen LogP contribution in [0.25, 0.3) is 0 Å². The van der Waals surface area contributed by atoms with Crippen molar-refractivity contribution in [1.82, 2.24) is 5.32 Å². The first-order chi connectivity index (χ1) is 14.4. The molecule has 1 N–H and O–H groups in total. The second-order valence-electron chi connectivity index (χ2n) is 6.13. The molecular weight excluding hydrogens is 518 g/mol. The molecule has 33 heavy (non-hydrogen) atoms. The summed E-state index contributed by atoms with van der Waals surface area (Å²) in [5, 5.41) is 0.767. The van der Waals surface area contributed by atoms with Crippen LogP contribution in [0.4, 0.5) is 70.2 Å². The van der Waals surface area contributed by atoms with Crippen LogP contribution in [0.1, 0.15) is 5.76 Å². The van der Waals surface area contributed by atoms with Gasteiger partial charge in [-0.15, -0.1) is 0 Å². The van der Waals surface area contributed by atoms with Crippen molar-refractivity contribution in [3.05, 3.63) is 24.2 Å². The number of hydrogen-bond donors (Lipinski definition) is 1. The maximum absolute atomic E-state index is 13.6. The number of halogens is 16. The van der Waals surface area contributed by atoms with Gasteiger partial charge in [-0.25, -0.2) is 8.78 Å². The van der Waals surface area contributed by atoms with Gasteiger partial charge in [0.2, 0.25) is 0 Å². The van der Waals surface area contributed by atoms with E-state index in [1.165, 1.54) is 0 Å². The molecule has 0 saturated heterocycles. The fourth-order valence-corrected chi connectivity index (χ4v) is 1.97. The van der Waals surface area contributed by atoms with Crippen LogP contribution in [0.15, 0.2) is 22.8 Å². The number of nitrogens with one attached hydrogen (secondary N) is 1. The Labute approximate surface area is 170 Å². The van der Waals surface area contributed by atoms with Gasteiger partial charge in [0.1, 0.15) is 5.76 Å². The zero-order chi connectivity index (χ0) is 26.5. The fourth-order valence-electron chi connectivity index (χ4n) is 1.97. The first kappa shape index (κ1) is 28.7. The van der Waals surface area contributed by atoms with Gasteiger partial charge < -0.3 is 9.73 Å². The molecule has 0 aliphatic carbocycles. The van der Waals surface area contributed by atoms with Gasteiger partial charge in [-0.2, -0.15) is 61.5 Å². The lowest BCUT2D eigenvalue weighted by Gasteiger charge is -2.42. The van der Waals surface area contributed by atoms with Crippen molar-refractivity contribution in [2.75, 3.05) is 0 Å². The molecule has 0 aliphatic heterocycles. The predicted molar refractivity (Wildman–Crippen MR) is 71.2 cm³/mol. The van der Waals surface area contributed by atoms with Crippen molar-refractivity contribution >= 4 is 5.91 Å². The molecule has 0 spiro atoms. The average molecular weight is 525 g/mol. The van der Waals surface area contributed by atoms with Crippen LogP contribution < -0.4 is 5.32 Å². The maximum atomic E-state index is 13.6. The van der Waals surface area contributed by atoms with E-state index in [2.05, 4.69) is 4.42 Å². The lowest BCUT2D eigenvalue weighted by atomic mass is 9.89. The summed E-state index contributed by atoms with van der Waals surface area (Å²) < 4.78 is 215. The molecular formula is C14H7F16NO2. The van der Waals surface area contributed by atoms with Crippen molar-refractivity contribution in [3.8, 4) is 0 Å². The van der Waals surface area contributed by atoms with E-state index in [-0.39, 0.29) is 0 Å². The Morgan fingerprint density at radius 1 is 0.758 bits per heavy atom. The molecule has 0 aromatic carbocycles. The predicted octanol–water partition coefficient (Wildman–Crippen LogP) is 5.61. The van der Waals surface area contributed by atoms with Crippen molar-refractivity contribution in [2.45, 2.75) is 54.4 Å². The molecule has 1 amide bonds. The number of alkyl halides is 16. The minimum atomic E-state index is -8.55. The summed E-state index contributed by atoms with van der Waals surface area (Å²) in [6.07, 6.45) is -5.10. The fraction of sp³-hybridized carbons (Fsp3) is 0.643. The third-order valence-electron chi connectivity index (χ3n) is 3.95. The monoisotopic (exact) mass is 525 g/mol. The van der Waals surface area contributed by atoms with E-state index in [1.807, 2.05) is 0 Å². The maximum Gasteiger partial charge on any atom is 0.392 e. The summed E-state index contributed by atoms with van der Waals surface area (Å²) in [7, 11) is 0. The van der Waals surface area contributed by atoms with E-state index in [4.69, 9.17) is 0 Å². The zero-order valence-electron chi connectivity index (χ0n) is 14.9. The van der Waals surface area contributed by atoms with Gasteiger partial charge in [-0.1, -0.05) is 0 Å². The minimum absolute atomic E-state index is 0.514. The second kappa shape index (κ2) is 8.14. The van der Waals surface area contributed by atoms with E-state index in [1.54, 1.807) is 0 Å². The molecule has 0 unspecified atom stereocenters.